The van der Waals surface area contributed by atoms with Gasteiger partial charge in [-0.05, 0) is 110 Å². The lowest BCUT2D eigenvalue weighted by atomic mass is 9.65. The van der Waals surface area contributed by atoms with Crippen LogP contribution in [0.3, 0.4) is 0 Å². The Kier molecular flexibility index (Phi) is 12.3. The third-order valence-corrected chi connectivity index (χ3v) is 9.74. The van der Waals surface area contributed by atoms with Gasteiger partial charge in [0.15, 0.2) is 0 Å². The summed E-state index contributed by atoms with van der Waals surface area (Å²) in [5.41, 5.74) is 8.11. The zero-order valence-corrected chi connectivity index (χ0v) is 30.3. The number of rotatable bonds is 12. The fourth-order valence-corrected chi connectivity index (χ4v) is 6.82. The number of benzene rings is 4. The molecule has 1 aliphatic carbocycles. The van der Waals surface area contributed by atoms with Gasteiger partial charge in [-0.1, -0.05) is 67.8 Å². The van der Waals surface area contributed by atoms with Crippen LogP contribution in [-0.4, -0.2) is 39.2 Å². The van der Waals surface area contributed by atoms with Crippen LogP contribution < -0.4 is 9.80 Å². The summed E-state index contributed by atoms with van der Waals surface area (Å²) in [7, 11) is 4.06. The van der Waals surface area contributed by atoms with Gasteiger partial charge in [-0.2, -0.15) is 10.5 Å². The minimum atomic E-state index is -0.618. The summed E-state index contributed by atoms with van der Waals surface area (Å²) in [6.45, 7) is 3.86. The first-order chi connectivity index (χ1) is 25.2. The van der Waals surface area contributed by atoms with E-state index in [-0.39, 0.29) is 29.8 Å². The van der Waals surface area contributed by atoms with Gasteiger partial charge in [-0.25, -0.2) is 9.59 Å². The van der Waals surface area contributed by atoms with E-state index < -0.39 is 11.9 Å². The van der Waals surface area contributed by atoms with Crippen molar-refractivity contribution in [2.75, 3.05) is 37.1 Å². The van der Waals surface area contributed by atoms with Gasteiger partial charge in [0.2, 0.25) is 0 Å². The molecule has 264 valence electrons. The molecule has 0 spiro atoms. The molecule has 0 amide bonds. The lowest BCUT2D eigenvalue weighted by Crippen LogP contribution is -2.30. The van der Waals surface area contributed by atoms with Crippen LogP contribution in [-0.2, 0) is 24.5 Å². The van der Waals surface area contributed by atoms with E-state index in [1.165, 1.54) is 30.4 Å². The standard InChI is InChI=1S/C44H44N4O4/c1-5-51-42(49)34(30-45)28-32-10-18-38(19-11-32)47(3)40-22-14-36(15-23-40)44(26-8-7-9-27-44)37-16-24-41(25-17-37)48(4)39-20-12-33(13-21-39)29-35(31-46)43(50)52-6-2/h10-25,28-29H,5-9,26-27H2,1-4H3/b34-28+,35-29+. The number of carbonyl (C=O) groups is 2. The first kappa shape index (κ1) is 37.1. The van der Waals surface area contributed by atoms with Crippen molar-refractivity contribution in [3.63, 3.8) is 0 Å². The van der Waals surface area contributed by atoms with E-state index >= 15 is 0 Å². The summed E-state index contributed by atoms with van der Waals surface area (Å²) in [5, 5.41) is 18.7. The average Bonchev–Trinajstić information content (AvgIpc) is 3.19. The summed E-state index contributed by atoms with van der Waals surface area (Å²) in [5.74, 6) is -1.24. The molecule has 0 unspecified atom stereocenters. The molecule has 0 aliphatic heterocycles. The molecule has 1 aliphatic rings. The maximum atomic E-state index is 12.0. The highest BCUT2D eigenvalue weighted by Gasteiger charge is 2.35. The van der Waals surface area contributed by atoms with Crippen LogP contribution in [0, 0.1) is 22.7 Å². The van der Waals surface area contributed by atoms with Gasteiger partial charge in [0.1, 0.15) is 23.3 Å². The Bertz CT molecular complexity index is 1850. The molecule has 4 aromatic rings. The van der Waals surface area contributed by atoms with Crippen LogP contribution in [0.4, 0.5) is 22.7 Å². The van der Waals surface area contributed by atoms with E-state index in [1.807, 2.05) is 74.8 Å². The number of nitrogens with zero attached hydrogens (tertiary/aromatic N) is 4. The van der Waals surface area contributed by atoms with Gasteiger partial charge in [0, 0.05) is 42.3 Å². The van der Waals surface area contributed by atoms with Crippen molar-refractivity contribution < 1.29 is 19.1 Å². The Balaban J connectivity index is 1.32. The predicted molar refractivity (Wildman–Crippen MR) is 206 cm³/mol. The SMILES string of the molecule is CCOC(=O)/C(C#N)=C/c1ccc(N(C)c2ccc(C3(c4ccc(N(C)c5ccc(/C=C(\C#N)C(=O)OCC)cc5)cc4)CCCCC3)cc2)cc1. The summed E-state index contributed by atoms with van der Waals surface area (Å²) in [6.07, 6.45) is 8.87. The number of carbonyl (C=O) groups excluding carboxylic acids is 2. The molecule has 0 radical (unpaired) electrons. The highest BCUT2D eigenvalue weighted by atomic mass is 16.5. The van der Waals surface area contributed by atoms with Gasteiger partial charge in [-0.15, -0.1) is 0 Å². The number of nitriles is 2. The molecule has 0 saturated heterocycles. The Labute approximate surface area is 306 Å². The van der Waals surface area contributed by atoms with Crippen LogP contribution in [0.1, 0.15) is 68.2 Å². The third kappa shape index (κ3) is 8.42. The molecule has 52 heavy (non-hydrogen) atoms. The minimum Gasteiger partial charge on any atom is -0.462 e. The van der Waals surface area contributed by atoms with E-state index in [2.05, 4.69) is 58.3 Å². The fourth-order valence-electron chi connectivity index (χ4n) is 6.82. The van der Waals surface area contributed by atoms with Gasteiger partial charge < -0.3 is 19.3 Å². The van der Waals surface area contributed by atoms with Crippen molar-refractivity contribution in [3.05, 3.63) is 130 Å². The van der Waals surface area contributed by atoms with Crippen molar-refractivity contribution in [1.29, 1.82) is 10.5 Å². The molecule has 8 nitrogen and oxygen atoms in total. The molecule has 0 aromatic heterocycles. The van der Waals surface area contributed by atoms with E-state index in [0.717, 1.165) is 46.7 Å². The quantitative estimate of drug-likeness (QED) is 0.0821. The van der Waals surface area contributed by atoms with Crippen molar-refractivity contribution in [2.24, 2.45) is 0 Å². The van der Waals surface area contributed by atoms with E-state index in [4.69, 9.17) is 9.47 Å². The number of hydrogen-bond donors (Lipinski definition) is 0. The molecular formula is C44H44N4O4. The largest absolute Gasteiger partial charge is 0.462 e. The molecule has 0 heterocycles. The van der Waals surface area contributed by atoms with Crippen LogP contribution in [0.25, 0.3) is 12.2 Å². The van der Waals surface area contributed by atoms with Gasteiger partial charge >= 0.3 is 11.9 Å². The Morgan fingerprint density at radius 2 is 0.923 bits per heavy atom. The lowest BCUT2D eigenvalue weighted by molar-refractivity contribution is -0.138. The Morgan fingerprint density at radius 3 is 1.23 bits per heavy atom. The second-order valence-electron chi connectivity index (χ2n) is 12.8. The normalized spacial score (nSPS) is 14.0. The second-order valence-corrected chi connectivity index (χ2v) is 12.8. The fraction of sp³-hybridized carbons (Fsp3) is 0.273. The van der Waals surface area contributed by atoms with Gasteiger partial charge in [-0.3, -0.25) is 0 Å². The second kappa shape index (κ2) is 17.2. The molecule has 0 atom stereocenters. The van der Waals surface area contributed by atoms with Crippen LogP contribution in [0.5, 0.6) is 0 Å². The molecule has 5 rings (SSSR count). The topological polar surface area (TPSA) is 107 Å². The van der Waals surface area contributed by atoms with Gasteiger partial charge in [0.05, 0.1) is 13.2 Å². The Morgan fingerprint density at radius 1 is 0.596 bits per heavy atom. The van der Waals surface area contributed by atoms with Crippen molar-refractivity contribution in [1.82, 2.24) is 0 Å². The molecule has 0 N–H and O–H groups in total. The van der Waals surface area contributed by atoms with Crippen molar-refractivity contribution in [3.8, 4) is 12.1 Å². The van der Waals surface area contributed by atoms with Crippen LogP contribution in [0.15, 0.2) is 108 Å². The van der Waals surface area contributed by atoms with E-state index in [9.17, 15) is 20.1 Å². The van der Waals surface area contributed by atoms with Crippen molar-refractivity contribution in [2.45, 2.75) is 51.4 Å². The zero-order valence-electron chi connectivity index (χ0n) is 30.3. The van der Waals surface area contributed by atoms with Crippen molar-refractivity contribution >= 4 is 46.8 Å². The highest BCUT2D eigenvalue weighted by molar-refractivity contribution is 5.98. The Hall–Kier alpha value is -6.12. The maximum Gasteiger partial charge on any atom is 0.348 e. The molecule has 0 bridgehead atoms. The first-order valence-electron chi connectivity index (χ1n) is 17.7. The zero-order chi connectivity index (χ0) is 37.1. The molecule has 1 fully saturated rings. The molecule has 8 heteroatoms. The number of esters is 2. The molecule has 1 saturated carbocycles. The summed E-state index contributed by atoms with van der Waals surface area (Å²) in [4.78, 5) is 28.3. The summed E-state index contributed by atoms with van der Waals surface area (Å²) in [6, 6.07) is 37.1. The monoisotopic (exact) mass is 692 g/mol. The third-order valence-electron chi connectivity index (χ3n) is 9.74. The lowest BCUT2D eigenvalue weighted by Gasteiger charge is -2.39. The predicted octanol–water partition coefficient (Wildman–Crippen LogP) is 9.41. The maximum absolute atomic E-state index is 12.0. The highest BCUT2D eigenvalue weighted by Crippen LogP contribution is 2.46. The van der Waals surface area contributed by atoms with Crippen LogP contribution in [0.2, 0.25) is 0 Å². The van der Waals surface area contributed by atoms with Crippen LogP contribution >= 0.6 is 0 Å². The average molecular weight is 693 g/mol. The van der Waals surface area contributed by atoms with E-state index in [0.29, 0.717) is 0 Å². The summed E-state index contributed by atoms with van der Waals surface area (Å²) >= 11 is 0. The summed E-state index contributed by atoms with van der Waals surface area (Å²) < 4.78 is 9.95. The smallest absolute Gasteiger partial charge is 0.348 e. The van der Waals surface area contributed by atoms with Gasteiger partial charge in [0.25, 0.3) is 0 Å². The molecule has 4 aromatic carbocycles. The number of anilines is 4. The number of ether oxygens (including phenoxy) is 2. The first-order valence-corrected chi connectivity index (χ1v) is 17.7. The molecular weight excluding hydrogens is 649 g/mol. The minimum absolute atomic E-state index is 0.0264. The van der Waals surface area contributed by atoms with E-state index in [1.54, 1.807) is 26.0 Å². The number of hydrogen-bond acceptors (Lipinski definition) is 8.